The first-order chi connectivity index (χ1) is 20.2. The van der Waals surface area contributed by atoms with Crippen molar-refractivity contribution >= 4 is 21.8 Å². The summed E-state index contributed by atoms with van der Waals surface area (Å²) >= 11 is 0. The van der Waals surface area contributed by atoms with Crippen molar-refractivity contribution in [2.24, 2.45) is 5.92 Å². The van der Waals surface area contributed by atoms with Gasteiger partial charge in [0.15, 0.2) is 0 Å². The normalized spacial score (nSPS) is 20.3. The van der Waals surface area contributed by atoms with Crippen molar-refractivity contribution in [3.8, 4) is 0 Å². The molecule has 0 bridgehead atoms. The number of hydrogen-bond acceptors (Lipinski definition) is 5. The van der Waals surface area contributed by atoms with Crippen LogP contribution in [0.2, 0.25) is 0 Å². The van der Waals surface area contributed by atoms with Crippen LogP contribution in [0.3, 0.4) is 0 Å². The largest absolute Gasteiger partial charge is 0.455 e. The lowest BCUT2D eigenvalue weighted by Gasteiger charge is -2.32. The second kappa shape index (κ2) is 12.4. The summed E-state index contributed by atoms with van der Waals surface area (Å²) in [5, 5.41) is 0. The zero-order valence-corrected chi connectivity index (χ0v) is 24.8. The Bertz CT molecular complexity index is 1620. The van der Waals surface area contributed by atoms with E-state index < -0.39 is 40.0 Å². The number of esters is 1. The SMILES string of the molecule is Cc1ccc(S(=O)(=O)N(C)[C@@H](C)[C@H](OC(=O)[C@@H]2C(=O)C[C@H](c3ccccc3)[C@H]2c2ccccc2)c2ccccc2)cc1. The number of Topliss-reactive ketones (excluding diaryl/α,β-unsaturated/α-hetero) is 1. The Labute approximate surface area is 248 Å². The quantitative estimate of drug-likeness (QED) is 0.168. The highest BCUT2D eigenvalue weighted by molar-refractivity contribution is 7.89. The number of likely N-dealkylation sites (N-methyl/N-ethyl adjacent to an activating group) is 1. The molecule has 0 radical (unpaired) electrons. The Kier molecular flexibility index (Phi) is 8.71. The molecule has 4 aromatic rings. The zero-order valence-electron chi connectivity index (χ0n) is 24.0. The first-order valence-corrected chi connectivity index (χ1v) is 15.5. The molecule has 0 spiro atoms. The molecule has 5 atom stereocenters. The van der Waals surface area contributed by atoms with Crippen molar-refractivity contribution in [3.63, 3.8) is 0 Å². The zero-order chi connectivity index (χ0) is 29.9. The fraction of sp³-hybridized carbons (Fsp3) is 0.257. The molecule has 42 heavy (non-hydrogen) atoms. The number of sulfonamides is 1. The molecule has 7 heteroatoms. The van der Waals surface area contributed by atoms with E-state index in [1.807, 2.05) is 85.8 Å². The lowest BCUT2D eigenvalue weighted by atomic mass is 9.80. The molecule has 1 saturated carbocycles. The molecule has 0 N–H and O–H groups in total. The van der Waals surface area contributed by atoms with Crippen LogP contribution in [0.5, 0.6) is 0 Å². The highest BCUT2D eigenvalue weighted by atomic mass is 32.2. The van der Waals surface area contributed by atoms with Gasteiger partial charge in [-0.05, 0) is 48.6 Å². The average Bonchev–Trinajstić information content (AvgIpc) is 3.37. The fourth-order valence-corrected chi connectivity index (χ4v) is 7.24. The summed E-state index contributed by atoms with van der Waals surface area (Å²) in [4.78, 5) is 27.8. The third-order valence-corrected chi connectivity index (χ3v) is 10.3. The molecule has 0 amide bonds. The van der Waals surface area contributed by atoms with Gasteiger partial charge in [0, 0.05) is 19.4 Å². The van der Waals surface area contributed by atoms with E-state index in [2.05, 4.69) is 0 Å². The number of carbonyl (C=O) groups is 2. The smallest absolute Gasteiger partial charge is 0.317 e. The van der Waals surface area contributed by atoms with Crippen LogP contribution in [0, 0.1) is 12.8 Å². The minimum atomic E-state index is -3.90. The number of carbonyl (C=O) groups excluding carboxylic acids is 2. The molecule has 0 saturated heterocycles. The maximum atomic E-state index is 14.1. The van der Waals surface area contributed by atoms with Crippen molar-refractivity contribution in [1.29, 1.82) is 0 Å². The molecule has 5 rings (SSSR count). The summed E-state index contributed by atoms with van der Waals surface area (Å²) in [5.41, 5.74) is 3.48. The molecular formula is C35H35NO5S. The molecule has 6 nitrogen and oxygen atoms in total. The van der Waals surface area contributed by atoms with Gasteiger partial charge in [0.05, 0.1) is 10.9 Å². The molecule has 216 valence electrons. The van der Waals surface area contributed by atoms with Gasteiger partial charge in [-0.2, -0.15) is 4.31 Å². The number of ketones is 1. The summed E-state index contributed by atoms with van der Waals surface area (Å²) in [6, 6.07) is 34.3. The highest BCUT2D eigenvalue weighted by Gasteiger charge is 2.49. The van der Waals surface area contributed by atoms with Crippen LogP contribution in [0.4, 0.5) is 0 Å². The molecule has 1 aliphatic carbocycles. The maximum absolute atomic E-state index is 14.1. The molecular weight excluding hydrogens is 546 g/mol. The van der Waals surface area contributed by atoms with Gasteiger partial charge < -0.3 is 4.74 Å². The standard InChI is InChI=1S/C35H35NO5S/c1-24-19-21-29(22-20-24)42(39,40)36(3)25(2)34(28-17-11-6-12-18-28)41-35(38)33-31(37)23-30(26-13-7-4-8-14-26)32(33)27-15-9-5-10-16-27/h4-22,25,30,32-34H,23H2,1-3H3/t25-,30+,32+,33+,34-/m0/s1. The van der Waals surface area contributed by atoms with E-state index in [9.17, 15) is 18.0 Å². The molecule has 0 heterocycles. The molecule has 0 aliphatic heterocycles. The second-order valence-corrected chi connectivity index (χ2v) is 12.9. The topological polar surface area (TPSA) is 80.8 Å². The molecule has 1 fully saturated rings. The maximum Gasteiger partial charge on any atom is 0.317 e. The van der Waals surface area contributed by atoms with Crippen molar-refractivity contribution < 1.29 is 22.7 Å². The van der Waals surface area contributed by atoms with E-state index in [0.717, 1.165) is 16.7 Å². The Morgan fingerprint density at radius 3 is 1.90 bits per heavy atom. The minimum absolute atomic E-state index is 0.154. The van der Waals surface area contributed by atoms with E-state index in [1.165, 1.54) is 11.4 Å². The average molecular weight is 582 g/mol. The third-order valence-electron chi connectivity index (χ3n) is 8.31. The summed E-state index contributed by atoms with van der Waals surface area (Å²) in [5.74, 6) is -2.43. The lowest BCUT2D eigenvalue weighted by Crippen LogP contribution is -2.41. The van der Waals surface area contributed by atoms with Crippen LogP contribution >= 0.6 is 0 Å². The van der Waals surface area contributed by atoms with Gasteiger partial charge in [-0.25, -0.2) is 8.42 Å². The summed E-state index contributed by atoms with van der Waals surface area (Å²) in [7, 11) is -2.41. The van der Waals surface area contributed by atoms with Gasteiger partial charge in [-0.1, -0.05) is 109 Å². The highest BCUT2D eigenvalue weighted by Crippen LogP contribution is 2.49. The predicted octanol–water partition coefficient (Wildman–Crippen LogP) is 6.45. The van der Waals surface area contributed by atoms with Crippen LogP contribution < -0.4 is 0 Å². The Morgan fingerprint density at radius 1 is 0.810 bits per heavy atom. The van der Waals surface area contributed by atoms with Gasteiger partial charge in [0.25, 0.3) is 0 Å². The number of benzene rings is 4. The van der Waals surface area contributed by atoms with Gasteiger partial charge in [-0.3, -0.25) is 9.59 Å². The Balaban J connectivity index is 1.49. The first kappa shape index (κ1) is 29.4. The van der Waals surface area contributed by atoms with Crippen LogP contribution in [0.1, 0.15) is 53.5 Å². The number of nitrogens with zero attached hydrogens (tertiary/aromatic N) is 1. The number of ether oxygens (including phenoxy) is 1. The summed E-state index contributed by atoms with van der Waals surface area (Å²) < 4.78 is 34.6. The van der Waals surface area contributed by atoms with Crippen LogP contribution in [-0.2, 0) is 24.3 Å². The number of rotatable bonds is 9. The van der Waals surface area contributed by atoms with Gasteiger partial charge in [0.1, 0.15) is 17.8 Å². The number of aryl methyl sites for hydroxylation is 1. The van der Waals surface area contributed by atoms with Crippen molar-refractivity contribution in [1.82, 2.24) is 4.31 Å². The van der Waals surface area contributed by atoms with E-state index >= 15 is 0 Å². The Morgan fingerprint density at radius 2 is 1.33 bits per heavy atom. The number of hydrogen-bond donors (Lipinski definition) is 0. The Hall–Kier alpha value is -4.07. The van der Waals surface area contributed by atoms with Gasteiger partial charge in [-0.15, -0.1) is 0 Å². The predicted molar refractivity (Wildman–Crippen MR) is 162 cm³/mol. The molecule has 0 aromatic heterocycles. The van der Waals surface area contributed by atoms with Crippen LogP contribution in [-0.4, -0.2) is 37.6 Å². The van der Waals surface area contributed by atoms with Gasteiger partial charge in [0.2, 0.25) is 10.0 Å². The summed E-state index contributed by atoms with van der Waals surface area (Å²) in [6.45, 7) is 3.61. The van der Waals surface area contributed by atoms with Crippen molar-refractivity contribution in [2.75, 3.05) is 7.05 Å². The monoisotopic (exact) mass is 581 g/mol. The second-order valence-electron chi connectivity index (χ2n) is 10.9. The van der Waals surface area contributed by atoms with Crippen molar-refractivity contribution in [3.05, 3.63) is 138 Å². The van der Waals surface area contributed by atoms with E-state index in [0.29, 0.717) is 5.56 Å². The lowest BCUT2D eigenvalue weighted by molar-refractivity contribution is -0.159. The minimum Gasteiger partial charge on any atom is -0.455 e. The van der Waals surface area contributed by atoms with E-state index in [-0.39, 0.29) is 23.0 Å². The van der Waals surface area contributed by atoms with Crippen molar-refractivity contribution in [2.45, 2.75) is 49.1 Å². The summed E-state index contributed by atoms with van der Waals surface area (Å²) in [6.07, 6.45) is -0.722. The van der Waals surface area contributed by atoms with Crippen LogP contribution in [0.15, 0.2) is 120 Å². The fourth-order valence-electron chi connectivity index (χ4n) is 5.88. The third kappa shape index (κ3) is 5.94. The molecule has 4 aromatic carbocycles. The van der Waals surface area contributed by atoms with E-state index in [1.54, 1.807) is 43.3 Å². The van der Waals surface area contributed by atoms with Crippen LogP contribution in [0.25, 0.3) is 0 Å². The molecule has 0 unspecified atom stereocenters. The molecule has 1 aliphatic rings. The van der Waals surface area contributed by atoms with Gasteiger partial charge >= 0.3 is 5.97 Å². The van der Waals surface area contributed by atoms with E-state index in [4.69, 9.17) is 4.74 Å². The first-order valence-electron chi connectivity index (χ1n) is 14.1.